The van der Waals surface area contributed by atoms with Gasteiger partial charge in [-0.25, -0.2) is 0 Å². The number of hydrogen-bond donors (Lipinski definition) is 0. The summed E-state index contributed by atoms with van der Waals surface area (Å²) >= 11 is 3.39. The van der Waals surface area contributed by atoms with Crippen LogP contribution in [0.5, 0.6) is 0 Å². The summed E-state index contributed by atoms with van der Waals surface area (Å²) in [6.45, 7) is 3.69. The Labute approximate surface area is 117 Å². The van der Waals surface area contributed by atoms with Crippen molar-refractivity contribution in [2.24, 2.45) is 0 Å². The normalized spacial score (nSPS) is 15.1. The second-order valence-electron chi connectivity index (χ2n) is 4.24. The SMILES string of the molecule is CCC(Br)C(C)c1ccc([N+](=O)[O-])c(C(F)(F)F)c1. The van der Waals surface area contributed by atoms with E-state index in [-0.39, 0.29) is 10.7 Å². The molecule has 2 atom stereocenters. The number of nitro benzene ring substituents is 1. The molecule has 0 amide bonds. The van der Waals surface area contributed by atoms with Crippen molar-refractivity contribution in [2.45, 2.75) is 37.2 Å². The Balaban J connectivity index is 3.30. The van der Waals surface area contributed by atoms with Gasteiger partial charge in [-0.3, -0.25) is 10.1 Å². The van der Waals surface area contributed by atoms with Crippen LogP contribution in [0.2, 0.25) is 0 Å². The van der Waals surface area contributed by atoms with Crippen molar-refractivity contribution in [3.63, 3.8) is 0 Å². The molecular weight excluding hydrogens is 327 g/mol. The number of alkyl halides is 4. The number of rotatable bonds is 4. The van der Waals surface area contributed by atoms with Gasteiger partial charge in [0.25, 0.3) is 5.69 Å². The highest BCUT2D eigenvalue weighted by atomic mass is 79.9. The Morgan fingerprint density at radius 1 is 1.42 bits per heavy atom. The Bertz CT molecular complexity index is 477. The molecule has 0 aliphatic heterocycles. The van der Waals surface area contributed by atoms with Crippen molar-refractivity contribution in [3.05, 3.63) is 39.4 Å². The van der Waals surface area contributed by atoms with E-state index in [0.29, 0.717) is 5.56 Å². The zero-order valence-corrected chi connectivity index (χ0v) is 12.0. The zero-order chi connectivity index (χ0) is 14.8. The highest BCUT2D eigenvalue weighted by Gasteiger charge is 2.38. The van der Waals surface area contributed by atoms with Gasteiger partial charge in [-0.05, 0) is 24.0 Å². The summed E-state index contributed by atoms with van der Waals surface area (Å²) in [4.78, 5) is 9.65. The van der Waals surface area contributed by atoms with Crippen LogP contribution in [0.4, 0.5) is 18.9 Å². The molecule has 3 nitrogen and oxygen atoms in total. The van der Waals surface area contributed by atoms with Crippen LogP contribution >= 0.6 is 15.9 Å². The topological polar surface area (TPSA) is 43.1 Å². The lowest BCUT2D eigenvalue weighted by Crippen LogP contribution is -2.13. The molecule has 0 fully saturated rings. The summed E-state index contributed by atoms with van der Waals surface area (Å²) in [6, 6.07) is 3.17. The van der Waals surface area contributed by atoms with Crippen molar-refractivity contribution >= 4 is 21.6 Å². The standard InChI is InChI=1S/C12H13BrF3NO2/c1-3-10(13)7(2)8-4-5-11(17(18)19)9(6-8)12(14,15)16/h4-7,10H,3H2,1-2H3. The van der Waals surface area contributed by atoms with E-state index in [0.717, 1.165) is 18.6 Å². The smallest absolute Gasteiger partial charge is 0.258 e. The Morgan fingerprint density at radius 2 is 2.00 bits per heavy atom. The van der Waals surface area contributed by atoms with E-state index < -0.39 is 22.4 Å². The summed E-state index contributed by atoms with van der Waals surface area (Å²) in [6.07, 6.45) is -3.98. The maximum absolute atomic E-state index is 12.8. The number of benzene rings is 1. The lowest BCUT2D eigenvalue weighted by atomic mass is 9.94. The number of nitrogens with zero attached hydrogens (tertiary/aromatic N) is 1. The molecule has 0 aliphatic carbocycles. The molecule has 1 aromatic rings. The first kappa shape index (κ1) is 15.9. The third kappa shape index (κ3) is 3.68. The average molecular weight is 340 g/mol. The molecular formula is C12H13BrF3NO2. The molecule has 106 valence electrons. The van der Waals surface area contributed by atoms with Crippen LogP contribution in [0.25, 0.3) is 0 Å². The molecule has 0 bridgehead atoms. The molecule has 19 heavy (non-hydrogen) atoms. The fourth-order valence-corrected chi connectivity index (χ4v) is 2.09. The van der Waals surface area contributed by atoms with Gasteiger partial charge >= 0.3 is 6.18 Å². The predicted octanol–water partition coefficient (Wildman–Crippen LogP) is 4.89. The van der Waals surface area contributed by atoms with Gasteiger partial charge in [0.15, 0.2) is 0 Å². The summed E-state index contributed by atoms with van der Waals surface area (Å²) in [5, 5.41) is 10.6. The number of nitro groups is 1. The van der Waals surface area contributed by atoms with Crippen LogP contribution in [-0.4, -0.2) is 9.75 Å². The van der Waals surface area contributed by atoms with E-state index >= 15 is 0 Å². The zero-order valence-electron chi connectivity index (χ0n) is 10.4. The van der Waals surface area contributed by atoms with E-state index in [1.54, 1.807) is 6.92 Å². The van der Waals surface area contributed by atoms with Crippen LogP contribution in [0, 0.1) is 10.1 Å². The fraction of sp³-hybridized carbons (Fsp3) is 0.500. The van der Waals surface area contributed by atoms with Crippen molar-refractivity contribution in [1.29, 1.82) is 0 Å². The lowest BCUT2D eigenvalue weighted by Gasteiger charge is -2.18. The third-order valence-electron chi connectivity index (χ3n) is 2.98. The third-order valence-corrected chi connectivity index (χ3v) is 4.42. The molecule has 0 aromatic heterocycles. The van der Waals surface area contributed by atoms with Crippen LogP contribution in [0.15, 0.2) is 18.2 Å². The molecule has 7 heteroatoms. The molecule has 0 saturated carbocycles. The van der Waals surface area contributed by atoms with Crippen molar-refractivity contribution < 1.29 is 18.1 Å². The van der Waals surface area contributed by atoms with Crippen LogP contribution in [0.1, 0.15) is 37.3 Å². The maximum Gasteiger partial charge on any atom is 0.423 e. The number of halogens is 4. The van der Waals surface area contributed by atoms with E-state index in [1.165, 1.54) is 6.07 Å². The molecule has 0 spiro atoms. The highest BCUT2D eigenvalue weighted by molar-refractivity contribution is 9.09. The molecule has 0 saturated heterocycles. The van der Waals surface area contributed by atoms with Crippen LogP contribution < -0.4 is 0 Å². The Hall–Kier alpha value is -1.11. The van der Waals surface area contributed by atoms with E-state index in [4.69, 9.17) is 0 Å². The summed E-state index contributed by atoms with van der Waals surface area (Å²) in [5.74, 6) is -0.160. The van der Waals surface area contributed by atoms with Crippen LogP contribution in [0.3, 0.4) is 0 Å². The largest absolute Gasteiger partial charge is 0.423 e. The monoisotopic (exact) mass is 339 g/mol. The summed E-state index contributed by atoms with van der Waals surface area (Å²) in [7, 11) is 0. The van der Waals surface area contributed by atoms with Crippen molar-refractivity contribution in [2.75, 3.05) is 0 Å². The summed E-state index contributed by atoms with van der Waals surface area (Å²) < 4.78 is 38.5. The minimum absolute atomic E-state index is 0.0232. The molecule has 1 rings (SSSR count). The van der Waals surface area contributed by atoms with Crippen LogP contribution in [-0.2, 0) is 6.18 Å². The van der Waals surface area contributed by atoms with E-state index in [2.05, 4.69) is 15.9 Å². The van der Waals surface area contributed by atoms with E-state index in [1.807, 2.05) is 6.92 Å². The molecule has 1 aromatic carbocycles. The summed E-state index contributed by atoms with van der Waals surface area (Å²) in [5.41, 5.74) is -1.68. The van der Waals surface area contributed by atoms with Gasteiger partial charge in [0.1, 0.15) is 5.56 Å². The quantitative estimate of drug-likeness (QED) is 0.445. The Kier molecular flexibility index (Phi) is 4.95. The van der Waals surface area contributed by atoms with Gasteiger partial charge in [-0.1, -0.05) is 35.8 Å². The second-order valence-corrected chi connectivity index (χ2v) is 5.42. The highest BCUT2D eigenvalue weighted by Crippen LogP contribution is 2.38. The average Bonchev–Trinajstić information content (AvgIpc) is 2.35. The minimum atomic E-state index is -4.73. The lowest BCUT2D eigenvalue weighted by molar-refractivity contribution is -0.388. The molecule has 2 unspecified atom stereocenters. The molecule has 0 radical (unpaired) electrons. The van der Waals surface area contributed by atoms with Gasteiger partial charge in [-0.15, -0.1) is 0 Å². The van der Waals surface area contributed by atoms with Crippen molar-refractivity contribution in [1.82, 2.24) is 0 Å². The fourth-order valence-electron chi connectivity index (χ4n) is 1.79. The first-order chi connectivity index (χ1) is 8.68. The second kappa shape index (κ2) is 5.90. The van der Waals surface area contributed by atoms with Crippen molar-refractivity contribution in [3.8, 4) is 0 Å². The van der Waals surface area contributed by atoms with E-state index in [9.17, 15) is 23.3 Å². The maximum atomic E-state index is 12.8. The first-order valence-electron chi connectivity index (χ1n) is 5.68. The first-order valence-corrected chi connectivity index (χ1v) is 6.59. The molecule has 0 N–H and O–H groups in total. The van der Waals surface area contributed by atoms with Gasteiger partial charge in [0.05, 0.1) is 4.92 Å². The minimum Gasteiger partial charge on any atom is -0.258 e. The van der Waals surface area contributed by atoms with Gasteiger partial charge in [0.2, 0.25) is 0 Å². The van der Waals surface area contributed by atoms with Gasteiger partial charge in [-0.2, -0.15) is 13.2 Å². The Morgan fingerprint density at radius 3 is 2.42 bits per heavy atom. The van der Waals surface area contributed by atoms with Gasteiger partial charge < -0.3 is 0 Å². The predicted molar refractivity (Wildman–Crippen MR) is 69.5 cm³/mol. The molecule has 0 heterocycles. The van der Waals surface area contributed by atoms with Gasteiger partial charge in [0, 0.05) is 10.9 Å². The number of hydrogen-bond acceptors (Lipinski definition) is 2. The molecule has 0 aliphatic rings.